The van der Waals surface area contributed by atoms with Crippen LogP contribution in [0.3, 0.4) is 0 Å². The number of nitrogens with zero attached hydrogens (tertiary/aromatic N) is 2. The Bertz CT molecular complexity index is 606. The smallest absolute Gasteiger partial charge is 0.112 e. The van der Waals surface area contributed by atoms with Crippen molar-refractivity contribution in [1.82, 2.24) is 9.55 Å². The fourth-order valence-electron chi connectivity index (χ4n) is 3.38. The topological polar surface area (TPSA) is 43.8 Å². The van der Waals surface area contributed by atoms with Gasteiger partial charge in [-0.05, 0) is 36.5 Å². The van der Waals surface area contributed by atoms with Crippen LogP contribution in [0.4, 0.5) is 0 Å². The van der Waals surface area contributed by atoms with Crippen molar-refractivity contribution in [1.29, 1.82) is 0 Å². The highest BCUT2D eigenvalue weighted by molar-refractivity contribution is 5.77. The van der Waals surface area contributed by atoms with Crippen LogP contribution >= 0.6 is 0 Å². The van der Waals surface area contributed by atoms with Crippen LogP contribution in [0.25, 0.3) is 11.0 Å². The average molecular weight is 271 g/mol. The second-order valence-corrected chi connectivity index (χ2v) is 6.53. The summed E-state index contributed by atoms with van der Waals surface area (Å²) in [4.78, 5) is 4.90. The lowest BCUT2D eigenvalue weighted by molar-refractivity contribution is 0.514. The summed E-state index contributed by atoms with van der Waals surface area (Å²) in [6.45, 7) is 4.33. The van der Waals surface area contributed by atoms with Crippen molar-refractivity contribution in [2.24, 2.45) is 18.7 Å². The van der Waals surface area contributed by atoms with Crippen LogP contribution in [0.1, 0.15) is 62.9 Å². The molecule has 0 aliphatic heterocycles. The average Bonchev–Trinajstić information content (AvgIpc) is 3.05. The number of fused-ring (bicyclic) bond motifs is 1. The Labute approximate surface area is 121 Å². The van der Waals surface area contributed by atoms with E-state index < -0.39 is 0 Å². The lowest BCUT2D eigenvalue weighted by atomic mass is 9.97. The van der Waals surface area contributed by atoms with Gasteiger partial charge in [0, 0.05) is 19.0 Å². The van der Waals surface area contributed by atoms with Crippen molar-refractivity contribution in [3.8, 4) is 0 Å². The monoisotopic (exact) mass is 271 g/mol. The summed E-state index contributed by atoms with van der Waals surface area (Å²) < 4.78 is 2.27. The van der Waals surface area contributed by atoms with E-state index in [4.69, 9.17) is 10.7 Å². The maximum absolute atomic E-state index is 6.26. The fraction of sp³-hybridized carbons (Fsp3) is 0.588. The Hall–Kier alpha value is -1.35. The molecule has 20 heavy (non-hydrogen) atoms. The molecule has 3 heteroatoms. The van der Waals surface area contributed by atoms with Gasteiger partial charge in [-0.2, -0.15) is 0 Å². The Kier molecular flexibility index (Phi) is 3.55. The van der Waals surface area contributed by atoms with E-state index in [9.17, 15) is 0 Å². The van der Waals surface area contributed by atoms with Crippen LogP contribution in [0.5, 0.6) is 0 Å². The molecule has 3 nitrogen and oxygen atoms in total. The highest BCUT2D eigenvalue weighted by atomic mass is 15.1. The molecule has 0 amide bonds. The fourth-order valence-corrected chi connectivity index (χ4v) is 3.38. The van der Waals surface area contributed by atoms with Gasteiger partial charge in [0.1, 0.15) is 5.82 Å². The number of aromatic nitrogens is 2. The van der Waals surface area contributed by atoms with E-state index in [0.29, 0.717) is 11.8 Å². The van der Waals surface area contributed by atoms with Gasteiger partial charge in [-0.25, -0.2) is 4.98 Å². The van der Waals surface area contributed by atoms with Crippen molar-refractivity contribution in [2.75, 3.05) is 0 Å². The molecule has 3 rings (SSSR count). The third-order valence-electron chi connectivity index (χ3n) is 4.76. The Balaban J connectivity index is 2.02. The number of aryl methyl sites for hydroxylation is 1. The number of hydrogen-bond donors (Lipinski definition) is 1. The zero-order chi connectivity index (χ0) is 14.3. The van der Waals surface area contributed by atoms with E-state index in [1.807, 2.05) is 0 Å². The number of benzene rings is 1. The van der Waals surface area contributed by atoms with Gasteiger partial charge in [0.25, 0.3) is 0 Å². The maximum atomic E-state index is 6.26. The van der Waals surface area contributed by atoms with Gasteiger partial charge in [-0.15, -0.1) is 0 Å². The Morgan fingerprint density at radius 3 is 2.60 bits per heavy atom. The number of rotatable bonds is 3. The number of hydrogen-bond acceptors (Lipinski definition) is 2. The highest BCUT2D eigenvalue weighted by Gasteiger charge is 2.22. The molecule has 1 unspecified atom stereocenters. The van der Waals surface area contributed by atoms with Crippen molar-refractivity contribution in [3.63, 3.8) is 0 Å². The second-order valence-electron chi connectivity index (χ2n) is 6.53. The zero-order valence-electron chi connectivity index (χ0n) is 12.8. The first-order valence-corrected chi connectivity index (χ1v) is 7.79. The summed E-state index contributed by atoms with van der Waals surface area (Å²) in [5.41, 5.74) is 9.79. The van der Waals surface area contributed by atoms with E-state index in [1.54, 1.807) is 0 Å². The van der Waals surface area contributed by atoms with Crippen LogP contribution in [0.2, 0.25) is 0 Å². The number of nitrogens with two attached hydrogens (primary N) is 1. The zero-order valence-corrected chi connectivity index (χ0v) is 12.8. The lowest BCUT2D eigenvalue weighted by Crippen LogP contribution is -2.16. The molecule has 1 fully saturated rings. The van der Waals surface area contributed by atoms with Crippen LogP contribution in [0, 0.1) is 5.92 Å². The molecule has 0 radical (unpaired) electrons. The Morgan fingerprint density at radius 1 is 1.25 bits per heavy atom. The highest BCUT2D eigenvalue weighted by Crippen LogP contribution is 2.35. The third-order valence-corrected chi connectivity index (χ3v) is 4.76. The van der Waals surface area contributed by atoms with Gasteiger partial charge >= 0.3 is 0 Å². The molecule has 1 aliphatic carbocycles. The molecule has 1 aromatic heterocycles. The minimum atomic E-state index is 0.0938. The van der Waals surface area contributed by atoms with Crippen molar-refractivity contribution in [3.05, 3.63) is 29.6 Å². The first kappa shape index (κ1) is 13.6. The molecule has 1 aromatic carbocycles. The first-order chi connectivity index (χ1) is 9.58. The molecular formula is C17H25N3. The SMILES string of the molecule is CC(C)C(N)c1ccc2c(c1)nc(C1CCCC1)n2C. The van der Waals surface area contributed by atoms with Crippen molar-refractivity contribution in [2.45, 2.75) is 51.5 Å². The molecule has 2 aromatic rings. The largest absolute Gasteiger partial charge is 0.331 e. The second kappa shape index (κ2) is 5.21. The molecule has 1 atom stereocenters. The van der Waals surface area contributed by atoms with E-state index in [2.05, 4.69) is 43.7 Å². The maximum Gasteiger partial charge on any atom is 0.112 e. The summed E-state index contributed by atoms with van der Waals surface area (Å²) >= 11 is 0. The first-order valence-electron chi connectivity index (χ1n) is 7.79. The Morgan fingerprint density at radius 2 is 1.95 bits per heavy atom. The van der Waals surface area contributed by atoms with Gasteiger partial charge in [0.05, 0.1) is 11.0 Å². The van der Waals surface area contributed by atoms with E-state index in [0.717, 1.165) is 5.52 Å². The molecule has 1 saturated carbocycles. The molecule has 1 aliphatic rings. The molecular weight excluding hydrogens is 246 g/mol. The van der Waals surface area contributed by atoms with E-state index in [-0.39, 0.29) is 6.04 Å². The molecule has 2 N–H and O–H groups in total. The van der Waals surface area contributed by atoms with E-state index in [1.165, 1.54) is 42.6 Å². The lowest BCUT2D eigenvalue weighted by Gasteiger charge is -2.15. The summed E-state index contributed by atoms with van der Waals surface area (Å²) in [7, 11) is 2.14. The van der Waals surface area contributed by atoms with Crippen LogP contribution in [-0.4, -0.2) is 9.55 Å². The quantitative estimate of drug-likeness (QED) is 0.920. The van der Waals surface area contributed by atoms with Gasteiger partial charge in [0.15, 0.2) is 0 Å². The molecule has 0 bridgehead atoms. The molecule has 0 spiro atoms. The third kappa shape index (κ3) is 2.24. The van der Waals surface area contributed by atoms with E-state index >= 15 is 0 Å². The minimum Gasteiger partial charge on any atom is -0.331 e. The van der Waals surface area contributed by atoms with Crippen LogP contribution < -0.4 is 5.73 Å². The van der Waals surface area contributed by atoms with Crippen molar-refractivity contribution < 1.29 is 0 Å². The predicted molar refractivity (Wildman–Crippen MR) is 83.7 cm³/mol. The predicted octanol–water partition coefficient (Wildman–Crippen LogP) is 3.89. The normalized spacial score (nSPS) is 18.2. The van der Waals surface area contributed by atoms with Crippen LogP contribution in [-0.2, 0) is 7.05 Å². The van der Waals surface area contributed by atoms with Crippen LogP contribution in [0.15, 0.2) is 18.2 Å². The summed E-state index contributed by atoms with van der Waals surface area (Å²) in [5.74, 6) is 2.35. The standard InChI is InChI=1S/C17H25N3/c1-11(2)16(18)13-8-9-15-14(10-13)19-17(20(15)3)12-6-4-5-7-12/h8-12,16H,4-7,18H2,1-3H3. The number of imidazole rings is 1. The summed E-state index contributed by atoms with van der Waals surface area (Å²) in [6.07, 6.45) is 5.26. The summed E-state index contributed by atoms with van der Waals surface area (Å²) in [6, 6.07) is 6.61. The van der Waals surface area contributed by atoms with Crippen molar-refractivity contribution >= 4 is 11.0 Å². The van der Waals surface area contributed by atoms with Gasteiger partial charge in [-0.1, -0.05) is 32.8 Å². The molecule has 0 saturated heterocycles. The summed E-state index contributed by atoms with van der Waals surface area (Å²) in [5, 5.41) is 0. The van der Waals surface area contributed by atoms with Gasteiger partial charge < -0.3 is 10.3 Å². The van der Waals surface area contributed by atoms with Gasteiger partial charge in [-0.3, -0.25) is 0 Å². The molecule has 1 heterocycles. The minimum absolute atomic E-state index is 0.0938. The molecule has 108 valence electrons. The van der Waals surface area contributed by atoms with Gasteiger partial charge in [0.2, 0.25) is 0 Å².